The molecule has 0 radical (unpaired) electrons. The number of rotatable bonds is 6. The topological polar surface area (TPSA) is 42.0 Å². The monoisotopic (exact) mass is 544 g/mol. The third-order valence-corrected chi connectivity index (χ3v) is 8.20. The molecule has 188 valence electrons. The highest BCUT2D eigenvalue weighted by Gasteiger charge is 2.46. The van der Waals surface area contributed by atoms with Crippen molar-refractivity contribution in [3.05, 3.63) is 86.9 Å². The SMILES string of the molecule is COc1ccc2c(c1)C1(CCN(Cc3ccc(Cl)c(Cl)c3)CC1)CN2C(=O)COc1ccc(Cl)cc1. The number of hydrogen-bond acceptors (Lipinski definition) is 4. The molecule has 1 fully saturated rings. The Hall–Kier alpha value is -2.44. The van der Waals surface area contributed by atoms with Crippen LogP contribution in [0.2, 0.25) is 15.1 Å². The summed E-state index contributed by atoms with van der Waals surface area (Å²) in [6.45, 7) is 3.25. The molecule has 0 aromatic heterocycles. The molecule has 2 aliphatic rings. The standard InChI is InChI=1S/C28H27Cl3N2O3/c1-35-22-7-9-26-23(15-22)28(18-33(26)27(34)17-36-21-5-3-20(29)4-6-21)10-12-32(13-11-28)16-19-2-8-24(30)25(31)14-19/h2-9,14-15H,10-13,16-18H2,1H3. The third-order valence-electron chi connectivity index (χ3n) is 7.21. The Morgan fingerprint density at radius 2 is 1.64 bits per heavy atom. The van der Waals surface area contributed by atoms with Gasteiger partial charge in [-0.1, -0.05) is 40.9 Å². The van der Waals surface area contributed by atoms with Crippen molar-refractivity contribution < 1.29 is 14.3 Å². The Bertz CT molecular complexity index is 1260. The first kappa shape index (κ1) is 25.2. The van der Waals surface area contributed by atoms with Gasteiger partial charge in [0.15, 0.2) is 6.61 Å². The zero-order valence-electron chi connectivity index (χ0n) is 20.0. The summed E-state index contributed by atoms with van der Waals surface area (Å²) in [5.41, 5.74) is 3.15. The lowest BCUT2D eigenvalue weighted by molar-refractivity contribution is -0.120. The minimum absolute atomic E-state index is 0.0351. The van der Waals surface area contributed by atoms with Crippen LogP contribution in [0.15, 0.2) is 60.7 Å². The van der Waals surface area contributed by atoms with Gasteiger partial charge < -0.3 is 14.4 Å². The van der Waals surface area contributed by atoms with Crippen LogP contribution < -0.4 is 14.4 Å². The van der Waals surface area contributed by atoms with E-state index in [9.17, 15) is 4.79 Å². The van der Waals surface area contributed by atoms with Gasteiger partial charge in [0.25, 0.3) is 5.91 Å². The Morgan fingerprint density at radius 1 is 0.917 bits per heavy atom. The minimum atomic E-state index is -0.117. The maximum Gasteiger partial charge on any atom is 0.264 e. The van der Waals surface area contributed by atoms with Crippen LogP contribution in [0, 0.1) is 0 Å². The summed E-state index contributed by atoms with van der Waals surface area (Å²) in [6.07, 6.45) is 1.88. The Morgan fingerprint density at radius 3 is 2.33 bits per heavy atom. The highest BCUT2D eigenvalue weighted by molar-refractivity contribution is 6.42. The summed E-state index contributed by atoms with van der Waals surface area (Å²) in [5, 5.41) is 1.78. The Balaban J connectivity index is 1.31. The molecule has 0 unspecified atom stereocenters. The molecular formula is C28H27Cl3N2O3. The van der Waals surface area contributed by atoms with Crippen molar-refractivity contribution in [1.82, 2.24) is 4.90 Å². The second kappa shape index (κ2) is 10.5. The second-order valence-corrected chi connectivity index (χ2v) is 10.7. The van der Waals surface area contributed by atoms with Gasteiger partial charge in [-0.15, -0.1) is 0 Å². The largest absolute Gasteiger partial charge is 0.497 e. The molecule has 2 heterocycles. The third kappa shape index (κ3) is 5.16. The van der Waals surface area contributed by atoms with E-state index in [4.69, 9.17) is 44.3 Å². The van der Waals surface area contributed by atoms with Gasteiger partial charge >= 0.3 is 0 Å². The molecule has 3 aromatic rings. The summed E-state index contributed by atoms with van der Waals surface area (Å²) >= 11 is 18.2. The lowest BCUT2D eigenvalue weighted by Crippen LogP contribution is -2.46. The van der Waals surface area contributed by atoms with E-state index in [1.165, 1.54) is 5.56 Å². The van der Waals surface area contributed by atoms with Gasteiger partial charge in [-0.05, 0) is 91.7 Å². The van der Waals surface area contributed by atoms with Gasteiger partial charge in [0, 0.05) is 29.2 Å². The molecule has 1 spiro atoms. The predicted molar refractivity (Wildman–Crippen MR) is 145 cm³/mol. The van der Waals surface area contributed by atoms with Gasteiger partial charge in [-0.25, -0.2) is 0 Å². The minimum Gasteiger partial charge on any atom is -0.497 e. The Labute approximate surface area is 226 Å². The van der Waals surface area contributed by atoms with Gasteiger partial charge in [-0.2, -0.15) is 0 Å². The molecule has 0 N–H and O–H groups in total. The zero-order valence-corrected chi connectivity index (χ0v) is 22.2. The van der Waals surface area contributed by atoms with Crippen LogP contribution in [0.5, 0.6) is 11.5 Å². The van der Waals surface area contributed by atoms with Crippen molar-refractivity contribution >= 4 is 46.4 Å². The fraction of sp³-hybridized carbons (Fsp3) is 0.321. The number of piperidine rings is 1. The first-order chi connectivity index (χ1) is 17.4. The molecule has 0 aliphatic carbocycles. The molecule has 0 saturated carbocycles. The van der Waals surface area contributed by atoms with Crippen LogP contribution in [0.4, 0.5) is 5.69 Å². The van der Waals surface area contributed by atoms with Crippen molar-refractivity contribution in [2.24, 2.45) is 0 Å². The highest BCUT2D eigenvalue weighted by Crippen LogP contribution is 2.48. The molecule has 1 amide bonds. The van der Waals surface area contributed by atoms with Crippen LogP contribution in [0.3, 0.4) is 0 Å². The van der Waals surface area contributed by atoms with Crippen molar-refractivity contribution in [3.8, 4) is 11.5 Å². The maximum atomic E-state index is 13.3. The smallest absolute Gasteiger partial charge is 0.264 e. The van der Waals surface area contributed by atoms with Crippen molar-refractivity contribution in [2.75, 3.05) is 38.3 Å². The molecule has 0 atom stereocenters. The van der Waals surface area contributed by atoms with Gasteiger partial charge in [-0.3, -0.25) is 9.69 Å². The summed E-state index contributed by atoms with van der Waals surface area (Å²) in [6, 6.07) is 18.8. The molecule has 2 aliphatic heterocycles. The van der Waals surface area contributed by atoms with E-state index in [1.54, 1.807) is 31.4 Å². The van der Waals surface area contributed by atoms with Gasteiger partial charge in [0.1, 0.15) is 11.5 Å². The summed E-state index contributed by atoms with van der Waals surface area (Å²) in [7, 11) is 1.67. The molecule has 0 bridgehead atoms. The second-order valence-electron chi connectivity index (χ2n) is 9.41. The number of likely N-dealkylation sites (tertiary alicyclic amines) is 1. The predicted octanol–water partition coefficient (Wildman–Crippen LogP) is 6.61. The number of nitrogens with zero attached hydrogens (tertiary/aromatic N) is 2. The lowest BCUT2D eigenvalue weighted by Gasteiger charge is -2.40. The summed E-state index contributed by atoms with van der Waals surface area (Å²) < 4.78 is 11.3. The molecule has 8 heteroatoms. The number of halogens is 3. The number of benzene rings is 3. The number of amides is 1. The van der Waals surface area contributed by atoms with Crippen molar-refractivity contribution in [1.29, 1.82) is 0 Å². The molecular weight excluding hydrogens is 519 g/mol. The highest BCUT2D eigenvalue weighted by atomic mass is 35.5. The normalized spacial score (nSPS) is 16.7. The molecule has 5 rings (SSSR count). The van der Waals surface area contributed by atoms with E-state index < -0.39 is 0 Å². The quantitative estimate of drug-likeness (QED) is 0.349. The maximum absolute atomic E-state index is 13.3. The van der Waals surface area contributed by atoms with Crippen LogP contribution in [0.1, 0.15) is 24.0 Å². The number of methoxy groups -OCH3 is 1. The fourth-order valence-electron chi connectivity index (χ4n) is 5.21. The van der Waals surface area contributed by atoms with Crippen LogP contribution in [0.25, 0.3) is 0 Å². The molecule has 3 aromatic carbocycles. The summed E-state index contributed by atoms with van der Waals surface area (Å²) in [5.74, 6) is 1.36. The number of anilines is 1. The summed E-state index contributed by atoms with van der Waals surface area (Å²) in [4.78, 5) is 17.6. The van der Waals surface area contributed by atoms with Crippen LogP contribution in [-0.4, -0.2) is 44.2 Å². The van der Waals surface area contributed by atoms with Crippen molar-refractivity contribution in [3.63, 3.8) is 0 Å². The van der Waals surface area contributed by atoms with Gasteiger partial charge in [0.2, 0.25) is 0 Å². The number of carbonyl (C=O) groups is 1. The number of ether oxygens (including phenoxy) is 2. The van der Waals surface area contributed by atoms with E-state index in [2.05, 4.69) is 11.0 Å². The van der Waals surface area contributed by atoms with Crippen molar-refractivity contribution in [2.45, 2.75) is 24.8 Å². The van der Waals surface area contributed by atoms with E-state index in [-0.39, 0.29) is 17.9 Å². The lowest BCUT2D eigenvalue weighted by atomic mass is 9.74. The number of hydrogen-bond donors (Lipinski definition) is 0. The van der Waals surface area contributed by atoms with Gasteiger partial charge in [0.05, 0.1) is 17.2 Å². The first-order valence-electron chi connectivity index (χ1n) is 11.9. The molecule has 5 nitrogen and oxygen atoms in total. The molecule has 1 saturated heterocycles. The first-order valence-corrected chi connectivity index (χ1v) is 13.0. The Kier molecular flexibility index (Phi) is 7.36. The van der Waals surface area contributed by atoms with E-state index in [0.29, 0.717) is 27.4 Å². The van der Waals surface area contributed by atoms with Crippen LogP contribution >= 0.6 is 34.8 Å². The number of fused-ring (bicyclic) bond motifs is 2. The molecule has 36 heavy (non-hydrogen) atoms. The van der Waals surface area contributed by atoms with E-state index >= 15 is 0 Å². The number of carbonyl (C=O) groups excluding carboxylic acids is 1. The van der Waals surface area contributed by atoms with Crippen LogP contribution in [-0.2, 0) is 16.8 Å². The zero-order chi connectivity index (χ0) is 25.3. The fourth-order valence-corrected chi connectivity index (χ4v) is 5.66. The van der Waals surface area contributed by atoms with E-state index in [1.807, 2.05) is 35.2 Å². The van der Waals surface area contributed by atoms with E-state index in [0.717, 1.165) is 49.5 Å². The average molecular weight is 546 g/mol. The average Bonchev–Trinajstić information content (AvgIpc) is 3.20.